The van der Waals surface area contributed by atoms with E-state index >= 15 is 0 Å². The summed E-state index contributed by atoms with van der Waals surface area (Å²) in [6.07, 6.45) is 2.69. The summed E-state index contributed by atoms with van der Waals surface area (Å²) >= 11 is 5.85. The van der Waals surface area contributed by atoms with Crippen LogP contribution < -0.4 is 16.4 Å². The number of nitrogens with zero attached hydrogens (tertiary/aromatic N) is 2. The van der Waals surface area contributed by atoms with Gasteiger partial charge in [0.15, 0.2) is 0 Å². The molecule has 0 aliphatic heterocycles. The van der Waals surface area contributed by atoms with Crippen LogP contribution >= 0.6 is 11.6 Å². The molecule has 0 aliphatic rings. The van der Waals surface area contributed by atoms with Crippen molar-refractivity contribution < 1.29 is 0 Å². The number of hydrogen-bond donors (Lipinski definition) is 3. The fourth-order valence-electron chi connectivity index (χ4n) is 1.65. The Balaban J connectivity index is 2.08. The largest absolute Gasteiger partial charge is 0.370 e. The second-order valence-corrected chi connectivity index (χ2v) is 4.86. The lowest BCUT2D eigenvalue weighted by Crippen LogP contribution is -2.11. The molecular formula is C14H18ClN5. The third-order valence-electron chi connectivity index (χ3n) is 2.75. The summed E-state index contributed by atoms with van der Waals surface area (Å²) in [4.78, 5) is 8.72. The Morgan fingerprint density at radius 3 is 2.70 bits per heavy atom. The fraction of sp³-hybridized carbons (Fsp3) is 0.286. The highest BCUT2D eigenvalue weighted by molar-refractivity contribution is 6.30. The number of nitrogens with two attached hydrogens (primary N) is 1. The van der Waals surface area contributed by atoms with E-state index in [0.717, 1.165) is 30.0 Å². The van der Waals surface area contributed by atoms with Crippen LogP contribution in [0.3, 0.4) is 0 Å². The molecule has 4 N–H and O–H groups in total. The van der Waals surface area contributed by atoms with Crippen molar-refractivity contribution in [1.29, 1.82) is 0 Å². The molecule has 0 bridgehead atoms. The van der Waals surface area contributed by atoms with Crippen molar-refractivity contribution >= 4 is 29.1 Å². The smallest absolute Gasteiger partial charge is 0.229 e. The molecule has 0 saturated heterocycles. The average Bonchev–Trinajstić information content (AvgIpc) is 2.45. The molecule has 0 fully saturated rings. The zero-order chi connectivity index (χ0) is 14.4. The minimum Gasteiger partial charge on any atom is -0.370 e. The summed E-state index contributed by atoms with van der Waals surface area (Å²) in [5, 5.41) is 7.10. The molecule has 0 atom stereocenters. The van der Waals surface area contributed by atoms with Gasteiger partial charge in [0, 0.05) is 29.0 Å². The van der Waals surface area contributed by atoms with E-state index in [4.69, 9.17) is 17.3 Å². The topological polar surface area (TPSA) is 75.9 Å². The van der Waals surface area contributed by atoms with Crippen LogP contribution in [0.5, 0.6) is 0 Å². The number of aryl methyl sites for hydroxylation is 1. The summed E-state index contributed by atoms with van der Waals surface area (Å²) in [7, 11) is 0. The summed E-state index contributed by atoms with van der Waals surface area (Å²) in [6, 6.07) is 7.40. The van der Waals surface area contributed by atoms with Gasteiger partial charge in [-0.3, -0.25) is 0 Å². The third-order valence-corrected chi connectivity index (χ3v) is 3.00. The highest BCUT2D eigenvalue weighted by atomic mass is 35.5. The Kier molecular flexibility index (Phi) is 5.15. The zero-order valence-corrected chi connectivity index (χ0v) is 12.1. The van der Waals surface area contributed by atoms with Crippen molar-refractivity contribution in [3.8, 4) is 0 Å². The van der Waals surface area contributed by atoms with Crippen LogP contribution in [0.1, 0.15) is 12.0 Å². The molecular weight excluding hydrogens is 274 g/mol. The fourth-order valence-corrected chi connectivity index (χ4v) is 1.78. The Hall–Kier alpha value is -1.85. The van der Waals surface area contributed by atoms with Gasteiger partial charge in [-0.05, 0) is 44.2 Å². The Labute approximate surface area is 123 Å². The van der Waals surface area contributed by atoms with E-state index in [2.05, 4.69) is 20.6 Å². The average molecular weight is 292 g/mol. The van der Waals surface area contributed by atoms with Crippen LogP contribution in [0, 0.1) is 6.92 Å². The van der Waals surface area contributed by atoms with Gasteiger partial charge in [-0.2, -0.15) is 4.98 Å². The minimum atomic E-state index is 0.549. The summed E-state index contributed by atoms with van der Waals surface area (Å²) in [5.74, 6) is 1.37. The first-order valence-corrected chi connectivity index (χ1v) is 6.87. The SMILES string of the molecule is Cc1cnc(Nc2ccc(Cl)cc2)nc1NCCCN. The quantitative estimate of drug-likeness (QED) is 0.714. The van der Waals surface area contributed by atoms with Crippen LogP contribution in [-0.4, -0.2) is 23.1 Å². The molecule has 2 aromatic rings. The predicted molar refractivity (Wildman–Crippen MR) is 83.7 cm³/mol. The van der Waals surface area contributed by atoms with E-state index in [1.807, 2.05) is 31.2 Å². The molecule has 0 spiro atoms. The van der Waals surface area contributed by atoms with E-state index in [-0.39, 0.29) is 0 Å². The Bertz CT molecular complexity index is 556. The van der Waals surface area contributed by atoms with Crippen LogP contribution in [0.2, 0.25) is 5.02 Å². The van der Waals surface area contributed by atoms with Crippen molar-refractivity contribution in [2.75, 3.05) is 23.7 Å². The monoisotopic (exact) mass is 291 g/mol. The number of aromatic nitrogens is 2. The van der Waals surface area contributed by atoms with E-state index in [9.17, 15) is 0 Å². The normalized spacial score (nSPS) is 10.3. The van der Waals surface area contributed by atoms with E-state index < -0.39 is 0 Å². The van der Waals surface area contributed by atoms with Gasteiger partial charge in [-0.15, -0.1) is 0 Å². The maximum Gasteiger partial charge on any atom is 0.229 e. The molecule has 0 aliphatic carbocycles. The van der Waals surface area contributed by atoms with Gasteiger partial charge in [0.1, 0.15) is 5.82 Å². The van der Waals surface area contributed by atoms with Crippen LogP contribution in [0.25, 0.3) is 0 Å². The molecule has 5 nitrogen and oxygen atoms in total. The van der Waals surface area contributed by atoms with Gasteiger partial charge in [0.25, 0.3) is 0 Å². The molecule has 0 amide bonds. The molecule has 1 aromatic heterocycles. The van der Waals surface area contributed by atoms with E-state index in [0.29, 0.717) is 17.5 Å². The molecule has 1 heterocycles. The molecule has 0 saturated carbocycles. The first-order chi connectivity index (χ1) is 9.69. The second-order valence-electron chi connectivity index (χ2n) is 4.43. The van der Waals surface area contributed by atoms with Crippen LogP contribution in [0.15, 0.2) is 30.5 Å². The van der Waals surface area contributed by atoms with Gasteiger partial charge in [-0.25, -0.2) is 4.98 Å². The van der Waals surface area contributed by atoms with Crippen molar-refractivity contribution in [3.05, 3.63) is 41.0 Å². The van der Waals surface area contributed by atoms with Crippen molar-refractivity contribution in [1.82, 2.24) is 9.97 Å². The molecule has 106 valence electrons. The molecule has 20 heavy (non-hydrogen) atoms. The number of halogens is 1. The van der Waals surface area contributed by atoms with E-state index in [1.54, 1.807) is 6.20 Å². The molecule has 2 rings (SSSR count). The lowest BCUT2D eigenvalue weighted by molar-refractivity contribution is 0.867. The number of nitrogens with one attached hydrogen (secondary N) is 2. The second kappa shape index (κ2) is 7.07. The van der Waals surface area contributed by atoms with Gasteiger partial charge in [0.2, 0.25) is 5.95 Å². The van der Waals surface area contributed by atoms with Gasteiger partial charge < -0.3 is 16.4 Å². The molecule has 1 aromatic carbocycles. The maximum absolute atomic E-state index is 5.85. The van der Waals surface area contributed by atoms with Gasteiger partial charge >= 0.3 is 0 Å². The molecule has 6 heteroatoms. The number of benzene rings is 1. The predicted octanol–water partition coefficient (Wildman–Crippen LogP) is 2.94. The number of anilines is 3. The van der Waals surface area contributed by atoms with Crippen molar-refractivity contribution in [3.63, 3.8) is 0 Å². The Morgan fingerprint density at radius 2 is 2.00 bits per heavy atom. The lowest BCUT2D eigenvalue weighted by atomic mass is 10.3. The number of rotatable bonds is 6. The Morgan fingerprint density at radius 1 is 1.25 bits per heavy atom. The summed E-state index contributed by atoms with van der Waals surface area (Å²) in [5.41, 5.74) is 7.38. The summed E-state index contributed by atoms with van der Waals surface area (Å²) in [6.45, 7) is 3.43. The maximum atomic E-state index is 5.85. The van der Waals surface area contributed by atoms with Gasteiger partial charge in [0.05, 0.1) is 0 Å². The van der Waals surface area contributed by atoms with Crippen LogP contribution in [0.4, 0.5) is 17.5 Å². The van der Waals surface area contributed by atoms with Crippen LogP contribution in [-0.2, 0) is 0 Å². The first-order valence-electron chi connectivity index (χ1n) is 6.49. The molecule has 0 unspecified atom stereocenters. The third kappa shape index (κ3) is 4.08. The number of hydrogen-bond acceptors (Lipinski definition) is 5. The standard InChI is InChI=1S/C14H18ClN5/c1-10-9-18-14(20-13(10)17-8-2-7-16)19-12-5-3-11(15)4-6-12/h3-6,9H,2,7-8,16H2,1H3,(H2,17,18,19,20). The zero-order valence-electron chi connectivity index (χ0n) is 11.4. The van der Waals surface area contributed by atoms with E-state index in [1.165, 1.54) is 0 Å². The summed E-state index contributed by atoms with van der Waals surface area (Å²) < 4.78 is 0. The van der Waals surface area contributed by atoms with Crippen molar-refractivity contribution in [2.45, 2.75) is 13.3 Å². The van der Waals surface area contributed by atoms with Crippen molar-refractivity contribution in [2.24, 2.45) is 5.73 Å². The highest BCUT2D eigenvalue weighted by Gasteiger charge is 2.03. The molecule has 0 radical (unpaired) electrons. The van der Waals surface area contributed by atoms with Gasteiger partial charge in [-0.1, -0.05) is 11.6 Å². The first kappa shape index (κ1) is 14.6. The highest BCUT2D eigenvalue weighted by Crippen LogP contribution is 2.18. The minimum absolute atomic E-state index is 0.549. The lowest BCUT2D eigenvalue weighted by Gasteiger charge is -2.10.